The normalized spacial score (nSPS) is 12.9. The van der Waals surface area contributed by atoms with Gasteiger partial charge < -0.3 is 4.74 Å². The van der Waals surface area contributed by atoms with Crippen molar-refractivity contribution in [1.29, 1.82) is 0 Å². The molecule has 1 atom stereocenters. The highest BCUT2D eigenvalue weighted by Crippen LogP contribution is 2.25. The van der Waals surface area contributed by atoms with Crippen LogP contribution in [0.3, 0.4) is 0 Å². The van der Waals surface area contributed by atoms with E-state index in [9.17, 15) is 13.2 Å². The van der Waals surface area contributed by atoms with Gasteiger partial charge in [0.05, 0.1) is 11.7 Å². The predicted molar refractivity (Wildman–Crippen MR) is 103 cm³/mol. The van der Waals surface area contributed by atoms with Crippen molar-refractivity contribution in [2.75, 3.05) is 0 Å². The summed E-state index contributed by atoms with van der Waals surface area (Å²) in [4.78, 5) is 12.1. The van der Waals surface area contributed by atoms with E-state index in [0.717, 1.165) is 11.7 Å². The predicted octanol–water partition coefficient (Wildman–Crippen LogP) is 3.41. The van der Waals surface area contributed by atoms with E-state index in [0.29, 0.717) is 21.1 Å². The number of nitrogens with zero attached hydrogens (tertiary/aromatic N) is 2. The van der Waals surface area contributed by atoms with Crippen LogP contribution in [-0.4, -0.2) is 29.2 Å². The maximum Gasteiger partial charge on any atom is 0.324 e. The van der Waals surface area contributed by atoms with Crippen molar-refractivity contribution in [3.8, 4) is 0 Å². The van der Waals surface area contributed by atoms with Crippen LogP contribution in [0.15, 0.2) is 41.3 Å². The third kappa shape index (κ3) is 4.39. The monoisotopic (exact) mass is 445 g/mol. The lowest BCUT2D eigenvalue weighted by Crippen LogP contribution is -2.39. The fraction of sp³-hybridized carbons (Fsp3) is 0.188. The van der Waals surface area contributed by atoms with Gasteiger partial charge in [0.2, 0.25) is 10.0 Å². The average Bonchev–Trinajstić information content (AvgIpc) is 3.09. The molecule has 0 unspecified atom stereocenters. The Bertz CT molecular complexity index is 1080. The second-order valence-corrected chi connectivity index (χ2v) is 8.56. The molecule has 142 valence electrons. The Morgan fingerprint density at radius 2 is 1.85 bits per heavy atom. The minimum atomic E-state index is -4.00. The molecular weight excluding hydrogens is 433 g/mol. The third-order valence-electron chi connectivity index (χ3n) is 3.64. The molecule has 0 aliphatic rings. The van der Waals surface area contributed by atoms with Crippen molar-refractivity contribution in [3.63, 3.8) is 0 Å². The van der Waals surface area contributed by atoms with Crippen LogP contribution in [0.25, 0.3) is 11.0 Å². The van der Waals surface area contributed by atoms with Gasteiger partial charge in [0, 0.05) is 15.6 Å². The van der Waals surface area contributed by atoms with Crippen LogP contribution in [0.5, 0.6) is 0 Å². The first-order valence-electron chi connectivity index (χ1n) is 7.63. The zero-order valence-electron chi connectivity index (χ0n) is 13.8. The lowest BCUT2D eigenvalue weighted by molar-refractivity contribution is -0.146. The number of hydrogen-bond acceptors (Lipinski definition) is 7. The van der Waals surface area contributed by atoms with Crippen molar-refractivity contribution >= 4 is 62.0 Å². The van der Waals surface area contributed by atoms with Crippen molar-refractivity contribution in [3.05, 3.63) is 52.0 Å². The molecule has 3 rings (SSSR count). The molecule has 0 saturated carbocycles. The van der Waals surface area contributed by atoms with Gasteiger partial charge in [-0.3, -0.25) is 4.79 Å². The summed E-state index contributed by atoms with van der Waals surface area (Å²) >= 11 is 13.0. The molecule has 1 N–H and O–H groups in total. The summed E-state index contributed by atoms with van der Waals surface area (Å²) in [5, 5.41) is 0.706. The number of carbonyl (C=O) groups excluding carboxylic acids is 1. The van der Waals surface area contributed by atoms with Crippen LogP contribution < -0.4 is 4.72 Å². The summed E-state index contributed by atoms with van der Waals surface area (Å²) in [6, 6.07) is 8.38. The van der Waals surface area contributed by atoms with Gasteiger partial charge in [-0.1, -0.05) is 35.3 Å². The SMILES string of the molecule is C[C@@H](NS(=O)(=O)c1cccc2nsnc12)C(=O)OCc1c(Cl)cccc1Cl. The molecule has 0 saturated heterocycles. The Kier molecular flexibility index (Phi) is 5.97. The molecule has 7 nitrogen and oxygen atoms in total. The van der Waals surface area contributed by atoms with E-state index in [1.165, 1.54) is 13.0 Å². The van der Waals surface area contributed by atoms with Crippen LogP contribution in [0, 0.1) is 0 Å². The molecule has 3 aromatic rings. The van der Waals surface area contributed by atoms with Gasteiger partial charge in [-0.25, -0.2) is 8.42 Å². The summed E-state index contributed by atoms with van der Waals surface area (Å²) < 4.78 is 40.7. The quantitative estimate of drug-likeness (QED) is 0.583. The Balaban J connectivity index is 1.71. The maximum absolute atomic E-state index is 12.6. The molecule has 0 aliphatic carbocycles. The molecule has 0 spiro atoms. The number of ether oxygens (including phenoxy) is 1. The number of aromatic nitrogens is 2. The standard InChI is InChI=1S/C16H13Cl2N3O4S2/c1-9(16(22)25-8-10-11(17)4-2-5-12(10)18)21-27(23,24)14-7-3-6-13-15(14)20-26-19-13/h2-7,9,21H,8H2,1H3/t9-/m1/s1. The molecule has 0 fully saturated rings. The highest BCUT2D eigenvalue weighted by atomic mass is 35.5. The van der Waals surface area contributed by atoms with Gasteiger partial charge in [0.15, 0.2) is 0 Å². The number of hydrogen-bond donors (Lipinski definition) is 1. The number of esters is 1. The molecule has 11 heteroatoms. The number of halogens is 2. The highest BCUT2D eigenvalue weighted by molar-refractivity contribution is 7.89. The molecule has 0 amide bonds. The van der Waals surface area contributed by atoms with E-state index in [1.54, 1.807) is 30.3 Å². The largest absolute Gasteiger partial charge is 0.460 e. The molecule has 0 bridgehead atoms. The topological polar surface area (TPSA) is 98.3 Å². The summed E-state index contributed by atoms with van der Waals surface area (Å²) in [5.41, 5.74) is 1.16. The Morgan fingerprint density at radius 1 is 1.19 bits per heavy atom. The fourth-order valence-corrected chi connectivity index (χ4v) is 4.75. The van der Waals surface area contributed by atoms with E-state index < -0.39 is 22.0 Å². The average molecular weight is 446 g/mol. The van der Waals surface area contributed by atoms with Crippen LogP contribution >= 0.6 is 34.9 Å². The highest BCUT2D eigenvalue weighted by Gasteiger charge is 2.26. The van der Waals surface area contributed by atoms with Gasteiger partial charge >= 0.3 is 5.97 Å². The molecular formula is C16H13Cl2N3O4S2. The summed E-state index contributed by atoms with van der Waals surface area (Å²) in [6.07, 6.45) is 0. The van der Waals surface area contributed by atoms with Crippen LogP contribution in [-0.2, 0) is 26.2 Å². The maximum atomic E-state index is 12.6. The number of carbonyl (C=O) groups is 1. The minimum Gasteiger partial charge on any atom is -0.460 e. The molecule has 2 aromatic carbocycles. The van der Waals surface area contributed by atoms with E-state index in [-0.39, 0.29) is 17.0 Å². The first-order chi connectivity index (χ1) is 12.8. The van der Waals surface area contributed by atoms with Crippen molar-refractivity contribution in [1.82, 2.24) is 13.5 Å². The van der Waals surface area contributed by atoms with Crippen molar-refractivity contribution in [2.24, 2.45) is 0 Å². The molecule has 1 heterocycles. The summed E-state index contributed by atoms with van der Waals surface area (Å²) in [7, 11) is -4.00. The van der Waals surface area contributed by atoms with Crippen LogP contribution in [0.4, 0.5) is 0 Å². The number of fused-ring (bicyclic) bond motifs is 1. The Morgan fingerprint density at radius 3 is 2.56 bits per heavy atom. The number of sulfonamides is 1. The summed E-state index contributed by atoms with van der Waals surface area (Å²) in [5.74, 6) is -0.766. The second kappa shape index (κ2) is 8.07. The van der Waals surface area contributed by atoms with Gasteiger partial charge in [-0.15, -0.1) is 0 Å². The second-order valence-electron chi connectivity index (χ2n) is 5.54. The number of benzene rings is 2. The lowest BCUT2D eigenvalue weighted by atomic mass is 10.2. The van der Waals surface area contributed by atoms with E-state index in [2.05, 4.69) is 13.5 Å². The van der Waals surface area contributed by atoms with Crippen molar-refractivity contribution < 1.29 is 17.9 Å². The zero-order chi connectivity index (χ0) is 19.6. The molecule has 0 aliphatic heterocycles. The van der Waals surface area contributed by atoms with Crippen molar-refractivity contribution in [2.45, 2.75) is 24.5 Å². The first-order valence-corrected chi connectivity index (χ1v) is 10.6. The van der Waals surface area contributed by atoms with Gasteiger partial charge in [0.1, 0.15) is 28.6 Å². The molecule has 27 heavy (non-hydrogen) atoms. The van der Waals surface area contributed by atoms with E-state index >= 15 is 0 Å². The van der Waals surface area contributed by atoms with E-state index in [1.807, 2.05) is 0 Å². The van der Waals surface area contributed by atoms with Crippen LogP contribution in [0.2, 0.25) is 10.0 Å². The zero-order valence-corrected chi connectivity index (χ0v) is 17.0. The fourth-order valence-electron chi connectivity index (χ4n) is 2.28. The van der Waals surface area contributed by atoms with Gasteiger partial charge in [-0.05, 0) is 31.2 Å². The summed E-state index contributed by atoms with van der Waals surface area (Å²) in [6.45, 7) is 1.21. The minimum absolute atomic E-state index is 0.0532. The molecule has 1 aromatic heterocycles. The lowest BCUT2D eigenvalue weighted by Gasteiger charge is -2.15. The number of rotatable bonds is 6. The Labute approximate surface area is 169 Å². The Hall–Kier alpha value is -1.78. The first kappa shape index (κ1) is 20.0. The molecule has 0 radical (unpaired) electrons. The van der Waals surface area contributed by atoms with Gasteiger partial charge in [0.25, 0.3) is 0 Å². The van der Waals surface area contributed by atoms with E-state index in [4.69, 9.17) is 27.9 Å². The third-order valence-corrected chi connectivity index (χ3v) is 6.47. The van der Waals surface area contributed by atoms with Crippen LogP contribution in [0.1, 0.15) is 12.5 Å². The van der Waals surface area contributed by atoms with Gasteiger partial charge in [-0.2, -0.15) is 13.5 Å². The smallest absolute Gasteiger partial charge is 0.324 e. The number of nitrogens with one attached hydrogen (secondary N) is 1.